The third-order valence-corrected chi connectivity index (χ3v) is 5.51. The zero-order valence-corrected chi connectivity index (χ0v) is 20.6. The van der Waals surface area contributed by atoms with Crippen LogP contribution < -0.4 is 14.9 Å². The number of ether oxygens (including phenoxy) is 3. The molecule has 31 heavy (non-hydrogen) atoms. The van der Waals surface area contributed by atoms with Gasteiger partial charge in [-0.2, -0.15) is 0 Å². The molecule has 0 bridgehead atoms. The van der Waals surface area contributed by atoms with Gasteiger partial charge in [0.1, 0.15) is 0 Å². The molecule has 0 fully saturated rings. The average Bonchev–Trinajstić information content (AvgIpc) is 2.74. The highest BCUT2D eigenvalue weighted by molar-refractivity contribution is 5.40. The number of aromatic nitrogens is 1. The predicted molar refractivity (Wildman–Crippen MR) is 129 cm³/mol. The van der Waals surface area contributed by atoms with E-state index in [2.05, 4.69) is 63.1 Å². The van der Waals surface area contributed by atoms with Crippen molar-refractivity contribution in [3.63, 3.8) is 0 Å². The van der Waals surface area contributed by atoms with Gasteiger partial charge in [0, 0.05) is 30.7 Å². The number of H-pyrrole nitrogens is 1. The molecule has 5 nitrogen and oxygen atoms in total. The third kappa shape index (κ3) is 7.59. The van der Waals surface area contributed by atoms with Crippen LogP contribution in [0.2, 0.25) is 0 Å². The fourth-order valence-electron chi connectivity index (χ4n) is 3.58. The standard InChI is InChI=1S/C26H39NO4/c1-10-19(4)24(29-7)20(5)16-18(3)13-11-12-17(2)14-15-22-21(6)23(28)25(30-8)26(27-22)31-9/h10-12,14,16,20,24H,13,15H2,1-9H3,(H,27,28)/b12-11+,17-14+,18-16+,19-10+/t20-,24+/m0/s1. The summed E-state index contributed by atoms with van der Waals surface area (Å²) in [5.41, 5.74) is 5.01. The number of hydrogen-bond donors (Lipinski definition) is 1. The van der Waals surface area contributed by atoms with Crippen LogP contribution in [0.1, 0.15) is 52.3 Å². The van der Waals surface area contributed by atoms with Crippen molar-refractivity contribution >= 4 is 0 Å². The number of allylic oxidation sites excluding steroid dienone is 6. The molecular weight excluding hydrogens is 390 g/mol. The van der Waals surface area contributed by atoms with Crippen LogP contribution in [0.5, 0.6) is 11.6 Å². The van der Waals surface area contributed by atoms with Gasteiger partial charge in [0.2, 0.25) is 17.1 Å². The molecule has 172 valence electrons. The summed E-state index contributed by atoms with van der Waals surface area (Å²) in [4.78, 5) is 15.6. The summed E-state index contributed by atoms with van der Waals surface area (Å²) in [5, 5.41) is 0. The molecule has 1 rings (SSSR count). The first-order chi connectivity index (χ1) is 14.7. The first-order valence-corrected chi connectivity index (χ1v) is 10.7. The largest absolute Gasteiger partial charge is 0.488 e. The second-order valence-corrected chi connectivity index (χ2v) is 7.94. The van der Waals surface area contributed by atoms with Crippen molar-refractivity contribution in [2.75, 3.05) is 21.3 Å². The van der Waals surface area contributed by atoms with E-state index in [4.69, 9.17) is 14.2 Å². The molecule has 0 aliphatic carbocycles. The molecule has 1 N–H and O–H groups in total. The Morgan fingerprint density at radius 3 is 2.35 bits per heavy atom. The molecule has 0 spiro atoms. The van der Waals surface area contributed by atoms with Crippen molar-refractivity contribution in [2.45, 2.75) is 60.5 Å². The second-order valence-electron chi connectivity index (χ2n) is 7.94. The normalized spacial score (nSPS) is 15.3. The Morgan fingerprint density at radius 1 is 1.13 bits per heavy atom. The molecule has 0 aliphatic rings. The molecular formula is C26H39NO4. The Kier molecular flexibility index (Phi) is 11.1. The Hall–Kier alpha value is -2.53. The summed E-state index contributed by atoms with van der Waals surface area (Å²) < 4.78 is 16.1. The lowest BCUT2D eigenvalue weighted by atomic mass is 9.95. The van der Waals surface area contributed by atoms with Crippen molar-refractivity contribution < 1.29 is 14.2 Å². The van der Waals surface area contributed by atoms with Gasteiger partial charge in [-0.25, -0.2) is 0 Å². The van der Waals surface area contributed by atoms with Crippen LogP contribution >= 0.6 is 0 Å². The van der Waals surface area contributed by atoms with E-state index in [1.165, 1.54) is 25.4 Å². The summed E-state index contributed by atoms with van der Waals surface area (Å²) in [5.74, 6) is 0.879. The highest BCUT2D eigenvalue weighted by atomic mass is 16.5. The number of aromatic amines is 1. The molecule has 0 saturated heterocycles. The van der Waals surface area contributed by atoms with E-state index in [1.54, 1.807) is 14.0 Å². The zero-order chi connectivity index (χ0) is 23.6. The first-order valence-electron chi connectivity index (χ1n) is 10.7. The van der Waals surface area contributed by atoms with Gasteiger partial charge in [-0.3, -0.25) is 4.79 Å². The monoisotopic (exact) mass is 429 g/mol. The van der Waals surface area contributed by atoms with Crippen LogP contribution in [0.4, 0.5) is 0 Å². The van der Waals surface area contributed by atoms with Crippen molar-refractivity contribution in [1.82, 2.24) is 4.98 Å². The number of hydrogen-bond acceptors (Lipinski definition) is 4. The molecule has 0 aliphatic heterocycles. The quantitative estimate of drug-likeness (QED) is 0.362. The van der Waals surface area contributed by atoms with Crippen molar-refractivity contribution in [1.29, 1.82) is 0 Å². The molecule has 2 atom stereocenters. The van der Waals surface area contributed by atoms with Gasteiger partial charge in [-0.1, -0.05) is 48.5 Å². The molecule has 5 heteroatoms. The first kappa shape index (κ1) is 26.5. The van der Waals surface area contributed by atoms with Gasteiger partial charge in [0.05, 0.1) is 20.3 Å². The summed E-state index contributed by atoms with van der Waals surface area (Å²) >= 11 is 0. The third-order valence-electron chi connectivity index (χ3n) is 5.51. The number of methoxy groups -OCH3 is 3. The minimum absolute atomic E-state index is 0.109. The van der Waals surface area contributed by atoms with Crippen molar-refractivity contribution in [2.24, 2.45) is 5.92 Å². The Morgan fingerprint density at radius 2 is 1.81 bits per heavy atom. The van der Waals surface area contributed by atoms with E-state index >= 15 is 0 Å². The van der Waals surface area contributed by atoms with Crippen molar-refractivity contribution in [3.8, 4) is 11.6 Å². The van der Waals surface area contributed by atoms with E-state index in [-0.39, 0.29) is 17.3 Å². The smallest absolute Gasteiger partial charge is 0.238 e. The van der Waals surface area contributed by atoms with Gasteiger partial charge in [-0.05, 0) is 46.6 Å². The maximum absolute atomic E-state index is 12.4. The predicted octanol–water partition coefficient (Wildman–Crippen LogP) is 5.70. The van der Waals surface area contributed by atoms with E-state index in [0.717, 1.165) is 17.7 Å². The maximum Gasteiger partial charge on any atom is 0.238 e. The average molecular weight is 430 g/mol. The maximum atomic E-state index is 12.4. The van der Waals surface area contributed by atoms with Crippen LogP contribution in [-0.2, 0) is 11.2 Å². The highest BCUT2D eigenvalue weighted by Crippen LogP contribution is 2.22. The lowest BCUT2D eigenvalue weighted by Gasteiger charge is -2.21. The molecule has 0 aromatic carbocycles. The number of pyridine rings is 1. The fourth-order valence-corrected chi connectivity index (χ4v) is 3.58. The molecule has 1 aromatic heterocycles. The van der Waals surface area contributed by atoms with Gasteiger partial charge in [0.25, 0.3) is 0 Å². The fraction of sp³-hybridized carbons (Fsp3) is 0.500. The lowest BCUT2D eigenvalue weighted by molar-refractivity contribution is 0.103. The summed E-state index contributed by atoms with van der Waals surface area (Å²) in [6.45, 7) is 12.3. The van der Waals surface area contributed by atoms with Gasteiger partial charge in [-0.15, -0.1) is 0 Å². The topological polar surface area (TPSA) is 60.6 Å². The molecule has 1 aromatic rings. The molecule has 0 saturated carbocycles. The van der Waals surface area contributed by atoms with Crippen LogP contribution in [0.15, 0.2) is 51.9 Å². The van der Waals surface area contributed by atoms with E-state index in [9.17, 15) is 4.79 Å². The zero-order valence-electron chi connectivity index (χ0n) is 20.6. The number of nitrogens with one attached hydrogen (secondary N) is 1. The molecule has 0 amide bonds. The summed E-state index contributed by atoms with van der Waals surface area (Å²) in [6.07, 6.45) is 12.4. The van der Waals surface area contributed by atoms with Gasteiger partial charge >= 0.3 is 0 Å². The lowest BCUT2D eigenvalue weighted by Crippen LogP contribution is -2.20. The second kappa shape index (κ2) is 13.0. The van der Waals surface area contributed by atoms with Gasteiger partial charge < -0.3 is 19.2 Å². The Labute approximate surface area is 187 Å². The highest BCUT2D eigenvalue weighted by Gasteiger charge is 2.16. The van der Waals surface area contributed by atoms with Gasteiger partial charge in [0.15, 0.2) is 0 Å². The Bertz CT molecular complexity index is 903. The summed E-state index contributed by atoms with van der Waals surface area (Å²) in [7, 11) is 4.75. The van der Waals surface area contributed by atoms with Crippen LogP contribution in [-0.4, -0.2) is 32.4 Å². The van der Waals surface area contributed by atoms with E-state index < -0.39 is 0 Å². The van der Waals surface area contributed by atoms with E-state index in [0.29, 0.717) is 23.8 Å². The van der Waals surface area contributed by atoms with Crippen LogP contribution in [0.25, 0.3) is 0 Å². The van der Waals surface area contributed by atoms with Crippen LogP contribution in [0, 0.1) is 12.8 Å². The number of rotatable bonds is 11. The van der Waals surface area contributed by atoms with Crippen molar-refractivity contribution in [3.05, 3.63) is 68.6 Å². The van der Waals surface area contributed by atoms with Crippen LogP contribution in [0.3, 0.4) is 0 Å². The minimum atomic E-state index is -0.146. The SMILES string of the molecule is C/C=C(\C)[C@@H](OC)[C@@H](C)/C=C(\C)C/C=C/C(C)=C/Cc1[nH]c(OC)c(OC)c(=O)c1C. The minimum Gasteiger partial charge on any atom is -0.488 e. The van der Waals surface area contributed by atoms with E-state index in [1.807, 2.05) is 6.92 Å². The molecule has 0 radical (unpaired) electrons. The summed E-state index contributed by atoms with van der Waals surface area (Å²) in [6, 6.07) is 0. The molecule has 0 unspecified atom stereocenters. The Balaban J connectivity index is 2.83. The molecule has 1 heterocycles.